The molecule has 0 spiro atoms. The molecule has 0 saturated heterocycles. The predicted molar refractivity (Wildman–Crippen MR) is 218 cm³/mol. The van der Waals surface area contributed by atoms with Crippen molar-refractivity contribution in [3.63, 3.8) is 0 Å². The summed E-state index contributed by atoms with van der Waals surface area (Å²) < 4.78 is 8.94. The zero-order chi connectivity index (χ0) is 34.7. The number of hydrogen-bond acceptors (Lipinski definition) is 3. The number of rotatable bonds is 2. The van der Waals surface area contributed by atoms with Crippen LogP contribution >= 0.6 is 0 Å². The highest BCUT2D eigenvalue weighted by molar-refractivity contribution is 6.38. The van der Waals surface area contributed by atoms with Crippen molar-refractivity contribution in [3.05, 3.63) is 151 Å². The van der Waals surface area contributed by atoms with Crippen LogP contribution in [0.3, 0.4) is 0 Å². The molecule has 0 fully saturated rings. The quantitative estimate of drug-likeness (QED) is 0.171. The van der Waals surface area contributed by atoms with Crippen molar-refractivity contribution in [1.29, 1.82) is 0 Å². The fraction of sp³-hybridized carbons (Fsp3) is 0.0612. The summed E-state index contributed by atoms with van der Waals surface area (Å²) in [7, 11) is 0. The number of nitrogens with zero attached hydrogens (tertiary/aromatic N) is 3. The number of aromatic nitrogens is 3. The summed E-state index contributed by atoms with van der Waals surface area (Å²) in [6.07, 6.45) is 0. The van der Waals surface area contributed by atoms with Crippen LogP contribution in [-0.2, 0) is 5.41 Å². The Labute approximate surface area is 303 Å². The first-order valence-electron chi connectivity index (χ1n) is 18.3. The summed E-state index contributed by atoms with van der Waals surface area (Å²) in [5.74, 6) is 0.822. The Morgan fingerprint density at radius 3 is 2.13 bits per heavy atom. The summed E-state index contributed by atoms with van der Waals surface area (Å²) in [5.41, 5.74) is 15.3. The van der Waals surface area contributed by atoms with Crippen LogP contribution in [-0.4, -0.2) is 14.5 Å². The van der Waals surface area contributed by atoms with Gasteiger partial charge in [-0.15, -0.1) is 0 Å². The van der Waals surface area contributed by atoms with Crippen molar-refractivity contribution in [2.75, 3.05) is 0 Å². The van der Waals surface area contributed by atoms with Gasteiger partial charge in [-0.3, -0.25) is 4.57 Å². The molecule has 0 amide bonds. The average Bonchev–Trinajstić information content (AvgIpc) is 3.79. The average molecular weight is 676 g/mol. The maximum atomic E-state index is 6.57. The third kappa shape index (κ3) is 3.33. The van der Waals surface area contributed by atoms with Gasteiger partial charge in [-0.25, -0.2) is 9.97 Å². The highest BCUT2D eigenvalue weighted by Crippen LogP contribution is 2.52. The van der Waals surface area contributed by atoms with E-state index in [0.29, 0.717) is 0 Å². The Morgan fingerprint density at radius 1 is 0.509 bits per heavy atom. The minimum absolute atomic E-state index is 0.0878. The van der Waals surface area contributed by atoms with E-state index in [9.17, 15) is 0 Å². The molecule has 0 aliphatic heterocycles. The van der Waals surface area contributed by atoms with Gasteiger partial charge in [0.2, 0.25) is 0 Å². The van der Waals surface area contributed by atoms with Gasteiger partial charge in [0.05, 0.1) is 22.1 Å². The van der Waals surface area contributed by atoms with Crippen molar-refractivity contribution in [2.24, 2.45) is 0 Å². The van der Waals surface area contributed by atoms with Gasteiger partial charge in [-0.05, 0) is 85.9 Å². The molecule has 0 atom stereocenters. The summed E-state index contributed by atoms with van der Waals surface area (Å²) >= 11 is 0. The lowest BCUT2D eigenvalue weighted by Crippen LogP contribution is -2.14. The lowest BCUT2D eigenvalue weighted by atomic mass is 9.82. The summed E-state index contributed by atoms with van der Waals surface area (Å²) in [5, 5.41) is 9.52. The molecule has 246 valence electrons. The maximum absolute atomic E-state index is 6.57. The molecule has 0 unspecified atom stereocenters. The fourth-order valence-corrected chi connectivity index (χ4v) is 9.95. The van der Waals surface area contributed by atoms with E-state index in [0.717, 1.165) is 61.1 Å². The van der Waals surface area contributed by atoms with E-state index < -0.39 is 0 Å². The van der Waals surface area contributed by atoms with E-state index >= 15 is 0 Å². The van der Waals surface area contributed by atoms with Crippen LogP contribution in [0.1, 0.15) is 25.0 Å². The van der Waals surface area contributed by atoms with Crippen LogP contribution in [0.4, 0.5) is 0 Å². The van der Waals surface area contributed by atoms with E-state index in [2.05, 4.69) is 158 Å². The second kappa shape index (κ2) is 9.36. The third-order valence-electron chi connectivity index (χ3n) is 12.3. The Morgan fingerprint density at radius 2 is 1.21 bits per heavy atom. The fourth-order valence-electron chi connectivity index (χ4n) is 9.95. The highest BCUT2D eigenvalue weighted by atomic mass is 16.3. The zero-order valence-corrected chi connectivity index (χ0v) is 29.0. The molecule has 53 heavy (non-hydrogen) atoms. The summed E-state index contributed by atoms with van der Waals surface area (Å²) in [6.45, 7) is 4.66. The lowest BCUT2D eigenvalue weighted by Gasteiger charge is -2.21. The van der Waals surface area contributed by atoms with E-state index in [1.807, 2.05) is 0 Å². The molecule has 2 aliphatic carbocycles. The molecular weight excluding hydrogens is 647 g/mol. The van der Waals surface area contributed by atoms with Crippen LogP contribution in [0.15, 0.2) is 144 Å². The monoisotopic (exact) mass is 675 g/mol. The molecule has 4 heteroatoms. The molecule has 3 heterocycles. The van der Waals surface area contributed by atoms with Crippen molar-refractivity contribution < 1.29 is 4.42 Å². The molecule has 13 rings (SSSR count). The Bertz CT molecular complexity index is 3490. The van der Waals surface area contributed by atoms with Crippen LogP contribution in [0.2, 0.25) is 0 Å². The zero-order valence-electron chi connectivity index (χ0n) is 29.0. The molecule has 8 aromatic carbocycles. The van der Waals surface area contributed by atoms with Gasteiger partial charge in [-0.2, -0.15) is 0 Å². The summed E-state index contributed by atoms with van der Waals surface area (Å²) in [4.78, 5) is 11.2. The second-order valence-corrected chi connectivity index (χ2v) is 15.3. The first-order chi connectivity index (χ1) is 26.0. The molecule has 4 nitrogen and oxygen atoms in total. The van der Waals surface area contributed by atoms with Crippen LogP contribution in [0, 0.1) is 0 Å². The van der Waals surface area contributed by atoms with Crippen LogP contribution in [0.25, 0.3) is 116 Å². The highest BCUT2D eigenvalue weighted by Gasteiger charge is 2.36. The maximum Gasteiger partial charge on any atom is 0.165 e. The van der Waals surface area contributed by atoms with Crippen molar-refractivity contribution in [1.82, 2.24) is 14.5 Å². The number of hydrogen-bond donors (Lipinski definition) is 0. The van der Waals surface area contributed by atoms with E-state index in [-0.39, 0.29) is 5.41 Å². The number of furan rings is 1. The van der Waals surface area contributed by atoms with Crippen LogP contribution < -0.4 is 0 Å². The molecule has 2 aliphatic rings. The van der Waals surface area contributed by atoms with Crippen LogP contribution in [0.5, 0.6) is 0 Å². The lowest BCUT2D eigenvalue weighted by molar-refractivity contribution is 0.660. The minimum atomic E-state index is -0.0878. The van der Waals surface area contributed by atoms with Gasteiger partial charge >= 0.3 is 0 Å². The van der Waals surface area contributed by atoms with Gasteiger partial charge in [0.25, 0.3) is 0 Å². The van der Waals surface area contributed by atoms with Crippen molar-refractivity contribution in [2.45, 2.75) is 19.3 Å². The largest absolute Gasteiger partial charge is 0.456 e. The molecule has 11 aromatic rings. The normalized spacial score (nSPS) is 14.0. The number of fused-ring (bicyclic) bond motifs is 7. The summed E-state index contributed by atoms with van der Waals surface area (Å²) in [6, 6.07) is 50.6. The van der Waals surface area contributed by atoms with E-state index in [4.69, 9.17) is 14.4 Å². The van der Waals surface area contributed by atoms with Gasteiger partial charge in [-0.1, -0.05) is 117 Å². The first kappa shape index (κ1) is 27.9. The van der Waals surface area contributed by atoms with Crippen molar-refractivity contribution in [3.8, 4) is 39.3 Å². The second-order valence-electron chi connectivity index (χ2n) is 15.3. The standard InChI is InChI=1S/C49H29N3O/c1-49(2)34-15-6-5-12-30(34)33-25-28(17-20-35(33)49)46-48(50-36-21-18-26-9-3-4-11-29(26)47(36)51-46)52-37-22-19-27-10-7-13-31-32-14-8-16-39-42(32)45-40(53-39)24-23-38(52)44(45)43(37)41(27)31/h3-25H,1-2H3. The SMILES string of the molecule is CC1(C)c2ccccc2-c2cc(-c3nc4c(ccc5ccccc54)nc3-n3c4ccc5cccc6c5c4c4c5c(ccc43)oc3cccc-6c35)ccc21. The molecule has 0 radical (unpaired) electrons. The third-order valence-corrected chi connectivity index (χ3v) is 12.3. The Hall–Kier alpha value is -6.78. The minimum Gasteiger partial charge on any atom is -0.456 e. The Balaban J connectivity index is 1.22. The molecule has 0 saturated carbocycles. The van der Waals surface area contributed by atoms with Gasteiger partial charge in [0.15, 0.2) is 5.82 Å². The van der Waals surface area contributed by atoms with Gasteiger partial charge in [0, 0.05) is 37.9 Å². The van der Waals surface area contributed by atoms with Gasteiger partial charge < -0.3 is 4.42 Å². The molecule has 0 N–H and O–H groups in total. The first-order valence-corrected chi connectivity index (χ1v) is 18.3. The van der Waals surface area contributed by atoms with E-state index in [1.165, 1.54) is 65.7 Å². The van der Waals surface area contributed by atoms with E-state index in [1.54, 1.807) is 0 Å². The Kier molecular flexibility index (Phi) is 4.92. The molecular formula is C49H29N3O. The molecule has 3 aromatic heterocycles. The smallest absolute Gasteiger partial charge is 0.165 e. The van der Waals surface area contributed by atoms with Gasteiger partial charge in [0.1, 0.15) is 16.9 Å². The predicted octanol–water partition coefficient (Wildman–Crippen LogP) is 12.9. The topological polar surface area (TPSA) is 43.9 Å². The van der Waals surface area contributed by atoms with Crippen molar-refractivity contribution >= 4 is 76.3 Å². The molecule has 0 bridgehead atoms. The number of benzene rings is 8.